The van der Waals surface area contributed by atoms with Crippen molar-refractivity contribution in [3.05, 3.63) is 59.4 Å². The highest BCUT2D eigenvalue weighted by atomic mass is 16.1. The van der Waals surface area contributed by atoms with E-state index in [1.165, 1.54) is 5.56 Å². The van der Waals surface area contributed by atoms with Gasteiger partial charge in [0.1, 0.15) is 0 Å². The van der Waals surface area contributed by atoms with E-state index in [0.29, 0.717) is 0 Å². The quantitative estimate of drug-likeness (QED) is 0.879. The number of hydrogen-bond acceptors (Lipinski definition) is 3. The molecule has 1 aliphatic heterocycles. The maximum absolute atomic E-state index is 11.9. The van der Waals surface area contributed by atoms with Crippen molar-refractivity contribution in [1.82, 2.24) is 14.7 Å². The van der Waals surface area contributed by atoms with E-state index in [9.17, 15) is 4.79 Å². The molecule has 0 radical (unpaired) electrons. The van der Waals surface area contributed by atoms with Gasteiger partial charge < -0.3 is 10.6 Å². The van der Waals surface area contributed by atoms with E-state index in [1.807, 2.05) is 43.0 Å². The molecule has 5 heteroatoms. The smallest absolute Gasteiger partial charge is 0.222 e. The fourth-order valence-corrected chi connectivity index (χ4v) is 3.59. The third kappa shape index (κ3) is 3.99. The number of likely N-dealkylation sites (tertiary alicyclic amines) is 1. The summed E-state index contributed by atoms with van der Waals surface area (Å²) in [5.41, 5.74) is 9.14. The molecule has 2 N–H and O–H groups in total. The monoisotopic (exact) mass is 338 g/mol. The topological polar surface area (TPSA) is 64.2 Å². The first-order valence-electron chi connectivity index (χ1n) is 8.78. The molecule has 1 amide bonds. The Hall–Kier alpha value is -2.40. The van der Waals surface area contributed by atoms with Gasteiger partial charge in [0.05, 0.1) is 12.1 Å². The van der Waals surface area contributed by atoms with Gasteiger partial charge in [0, 0.05) is 38.3 Å². The number of primary amides is 1. The number of rotatable bonds is 6. The van der Waals surface area contributed by atoms with E-state index in [0.717, 1.165) is 37.3 Å². The highest BCUT2D eigenvalue weighted by molar-refractivity contribution is 5.78. The molecule has 1 fully saturated rings. The SMILES string of the molecule is Cc1c([C@H]2CN(CC/C=C/c3ccccc3)C[C@@H]2C(N)=O)cnn1C. The first kappa shape index (κ1) is 17.4. The minimum Gasteiger partial charge on any atom is -0.369 e. The summed E-state index contributed by atoms with van der Waals surface area (Å²) in [4.78, 5) is 14.3. The van der Waals surface area contributed by atoms with Gasteiger partial charge in [-0.15, -0.1) is 0 Å². The standard InChI is InChI=1S/C20H26N4O/c1-15-17(12-22-23(15)2)18-13-24(14-19(18)20(21)25)11-7-6-10-16-8-4-3-5-9-16/h3-6,8-10,12,18-19H,7,11,13-14H2,1-2H3,(H2,21,25)/b10-6+/t18-,19+/m1/s1. The molecule has 0 saturated carbocycles. The van der Waals surface area contributed by atoms with Crippen LogP contribution in [0.3, 0.4) is 0 Å². The average molecular weight is 338 g/mol. The van der Waals surface area contributed by atoms with Crippen molar-refractivity contribution in [2.24, 2.45) is 18.7 Å². The molecule has 0 aliphatic carbocycles. The summed E-state index contributed by atoms with van der Waals surface area (Å²) in [6, 6.07) is 10.3. The molecule has 1 aromatic heterocycles. The van der Waals surface area contributed by atoms with Gasteiger partial charge in [-0.1, -0.05) is 42.5 Å². The van der Waals surface area contributed by atoms with E-state index < -0.39 is 0 Å². The zero-order valence-corrected chi connectivity index (χ0v) is 14.9. The highest BCUT2D eigenvalue weighted by Gasteiger charge is 2.38. The summed E-state index contributed by atoms with van der Waals surface area (Å²) in [6.07, 6.45) is 7.18. The fraction of sp³-hybridized carbons (Fsp3) is 0.400. The normalized spacial score (nSPS) is 21.2. The molecule has 1 aromatic carbocycles. The predicted octanol–water partition coefficient (Wildman–Crippen LogP) is 2.33. The van der Waals surface area contributed by atoms with E-state index >= 15 is 0 Å². The molecule has 0 unspecified atom stereocenters. The lowest BCUT2D eigenvalue weighted by molar-refractivity contribution is -0.121. The van der Waals surface area contributed by atoms with E-state index in [4.69, 9.17) is 5.73 Å². The van der Waals surface area contributed by atoms with Crippen LogP contribution in [0.2, 0.25) is 0 Å². The van der Waals surface area contributed by atoms with E-state index in [-0.39, 0.29) is 17.7 Å². The van der Waals surface area contributed by atoms with Crippen LogP contribution < -0.4 is 5.73 Å². The molecule has 2 atom stereocenters. The minimum absolute atomic E-state index is 0.138. The summed E-state index contributed by atoms with van der Waals surface area (Å²) < 4.78 is 1.86. The Bertz CT molecular complexity index is 750. The van der Waals surface area contributed by atoms with Gasteiger partial charge in [0.25, 0.3) is 0 Å². The fourth-order valence-electron chi connectivity index (χ4n) is 3.59. The van der Waals surface area contributed by atoms with Crippen LogP contribution in [0.15, 0.2) is 42.6 Å². The first-order chi connectivity index (χ1) is 12.1. The Balaban J connectivity index is 1.61. The van der Waals surface area contributed by atoms with Crippen LogP contribution in [0.25, 0.3) is 6.08 Å². The van der Waals surface area contributed by atoms with Gasteiger partial charge in [-0.3, -0.25) is 9.48 Å². The number of nitrogens with two attached hydrogens (primary N) is 1. The van der Waals surface area contributed by atoms with Gasteiger partial charge in [-0.05, 0) is 24.5 Å². The molecule has 132 valence electrons. The van der Waals surface area contributed by atoms with Crippen LogP contribution in [0.4, 0.5) is 0 Å². The molecular weight excluding hydrogens is 312 g/mol. The lowest BCUT2D eigenvalue weighted by atomic mass is 9.89. The van der Waals surface area contributed by atoms with Gasteiger partial charge in [0.2, 0.25) is 5.91 Å². The van der Waals surface area contributed by atoms with Crippen LogP contribution in [-0.2, 0) is 11.8 Å². The summed E-state index contributed by atoms with van der Waals surface area (Å²) >= 11 is 0. The van der Waals surface area contributed by atoms with Crippen molar-refractivity contribution < 1.29 is 4.79 Å². The van der Waals surface area contributed by atoms with Gasteiger partial charge in [-0.2, -0.15) is 5.10 Å². The molecule has 25 heavy (non-hydrogen) atoms. The zero-order valence-electron chi connectivity index (χ0n) is 14.9. The second kappa shape index (κ2) is 7.66. The minimum atomic E-state index is -0.212. The van der Waals surface area contributed by atoms with Crippen molar-refractivity contribution in [2.45, 2.75) is 19.3 Å². The Labute approximate surface area is 149 Å². The Morgan fingerprint density at radius 3 is 2.72 bits per heavy atom. The lowest BCUT2D eigenvalue weighted by Gasteiger charge is -2.15. The number of benzene rings is 1. The number of aromatic nitrogens is 2. The molecule has 5 nitrogen and oxygen atoms in total. The van der Waals surface area contributed by atoms with Crippen molar-refractivity contribution in [2.75, 3.05) is 19.6 Å². The van der Waals surface area contributed by atoms with Crippen molar-refractivity contribution >= 4 is 12.0 Å². The summed E-state index contributed by atoms with van der Waals surface area (Å²) in [6.45, 7) is 4.57. The number of aryl methyl sites for hydroxylation is 1. The first-order valence-corrected chi connectivity index (χ1v) is 8.78. The Morgan fingerprint density at radius 1 is 1.32 bits per heavy atom. The number of carbonyl (C=O) groups excluding carboxylic acids is 1. The average Bonchev–Trinajstić information content (AvgIpc) is 3.17. The second-order valence-electron chi connectivity index (χ2n) is 6.79. The van der Waals surface area contributed by atoms with Crippen LogP contribution in [0, 0.1) is 12.8 Å². The molecule has 3 rings (SSSR count). The summed E-state index contributed by atoms with van der Waals surface area (Å²) in [7, 11) is 1.93. The molecule has 0 bridgehead atoms. The van der Waals surface area contributed by atoms with Crippen LogP contribution in [0.1, 0.15) is 29.2 Å². The lowest BCUT2D eigenvalue weighted by Crippen LogP contribution is -2.29. The molecule has 1 aliphatic rings. The van der Waals surface area contributed by atoms with Crippen molar-refractivity contribution in [3.63, 3.8) is 0 Å². The molecule has 2 heterocycles. The summed E-state index contributed by atoms with van der Waals surface area (Å²) in [5, 5.41) is 4.32. The van der Waals surface area contributed by atoms with Gasteiger partial charge in [0.15, 0.2) is 0 Å². The Morgan fingerprint density at radius 2 is 2.08 bits per heavy atom. The largest absolute Gasteiger partial charge is 0.369 e. The van der Waals surface area contributed by atoms with E-state index in [2.05, 4.69) is 34.3 Å². The maximum Gasteiger partial charge on any atom is 0.222 e. The molecule has 1 saturated heterocycles. The van der Waals surface area contributed by atoms with Crippen molar-refractivity contribution in [3.8, 4) is 0 Å². The third-order valence-corrected chi connectivity index (χ3v) is 5.16. The Kier molecular flexibility index (Phi) is 5.34. The third-order valence-electron chi connectivity index (χ3n) is 5.16. The van der Waals surface area contributed by atoms with Crippen LogP contribution in [-0.4, -0.2) is 40.2 Å². The zero-order chi connectivity index (χ0) is 17.8. The molecular formula is C20H26N4O. The number of hydrogen-bond donors (Lipinski definition) is 1. The van der Waals surface area contributed by atoms with E-state index in [1.54, 1.807) is 0 Å². The van der Waals surface area contributed by atoms with Crippen molar-refractivity contribution in [1.29, 1.82) is 0 Å². The molecule has 0 spiro atoms. The van der Waals surface area contributed by atoms with Crippen LogP contribution in [0.5, 0.6) is 0 Å². The van der Waals surface area contributed by atoms with Crippen LogP contribution >= 0.6 is 0 Å². The predicted molar refractivity (Wildman–Crippen MR) is 99.9 cm³/mol. The van der Waals surface area contributed by atoms with Gasteiger partial charge in [-0.25, -0.2) is 0 Å². The second-order valence-corrected chi connectivity index (χ2v) is 6.79. The number of nitrogens with zero attached hydrogens (tertiary/aromatic N) is 3. The maximum atomic E-state index is 11.9. The molecule has 2 aromatic rings. The highest BCUT2D eigenvalue weighted by Crippen LogP contribution is 2.34. The van der Waals surface area contributed by atoms with Gasteiger partial charge >= 0.3 is 0 Å². The number of carbonyl (C=O) groups is 1. The number of amides is 1. The summed E-state index contributed by atoms with van der Waals surface area (Å²) in [5.74, 6) is -0.208.